The quantitative estimate of drug-likeness (QED) is 0.256. The largest absolute Gasteiger partial charge is 0.496 e. The van der Waals surface area contributed by atoms with E-state index in [0.717, 1.165) is 11.4 Å². The SMILES string of the molecule is COc1cc(OC)c([N+](=O)[O-])cc1C=NN1C(=O)C2C3C=CC(C3)C2C1=O. The maximum Gasteiger partial charge on any atom is 0.311 e. The van der Waals surface area contributed by atoms with Crippen LogP contribution in [-0.2, 0) is 9.59 Å². The van der Waals surface area contributed by atoms with Crippen LogP contribution in [0, 0.1) is 33.8 Å². The number of imide groups is 1. The molecule has 2 bridgehead atoms. The summed E-state index contributed by atoms with van der Waals surface area (Å²) < 4.78 is 10.2. The zero-order valence-corrected chi connectivity index (χ0v) is 14.7. The second-order valence-corrected chi connectivity index (χ2v) is 6.76. The Bertz CT molecular complexity index is 879. The molecule has 3 aliphatic rings. The van der Waals surface area contributed by atoms with Gasteiger partial charge < -0.3 is 9.47 Å². The Balaban J connectivity index is 1.65. The number of hydrogen-bond donors (Lipinski definition) is 0. The van der Waals surface area contributed by atoms with Gasteiger partial charge in [-0.2, -0.15) is 10.1 Å². The first-order valence-corrected chi connectivity index (χ1v) is 8.46. The summed E-state index contributed by atoms with van der Waals surface area (Å²) in [4.78, 5) is 35.9. The summed E-state index contributed by atoms with van der Waals surface area (Å²) in [6.07, 6.45) is 6.07. The molecule has 4 unspecified atom stereocenters. The maximum atomic E-state index is 12.6. The van der Waals surface area contributed by atoms with Crippen LogP contribution < -0.4 is 9.47 Å². The fraction of sp³-hybridized carbons (Fsp3) is 0.389. The van der Waals surface area contributed by atoms with Crippen LogP contribution >= 0.6 is 0 Å². The van der Waals surface area contributed by atoms with Crippen molar-refractivity contribution in [2.45, 2.75) is 6.42 Å². The number of rotatable bonds is 5. The van der Waals surface area contributed by atoms with Crippen molar-refractivity contribution in [2.75, 3.05) is 14.2 Å². The first kappa shape index (κ1) is 17.2. The normalized spacial score (nSPS) is 28.3. The third-order valence-corrected chi connectivity index (χ3v) is 5.49. The Morgan fingerprint density at radius 1 is 1.11 bits per heavy atom. The fourth-order valence-electron chi connectivity index (χ4n) is 4.27. The number of nitro groups is 1. The van der Waals surface area contributed by atoms with Crippen LogP contribution in [-0.4, -0.2) is 42.2 Å². The van der Waals surface area contributed by atoms with Crippen molar-refractivity contribution < 1.29 is 24.0 Å². The summed E-state index contributed by atoms with van der Waals surface area (Å²) in [6, 6.07) is 2.60. The number of nitro benzene ring substituents is 1. The molecule has 1 aromatic carbocycles. The summed E-state index contributed by atoms with van der Waals surface area (Å²) in [5, 5.41) is 16.1. The Morgan fingerprint density at radius 2 is 1.70 bits per heavy atom. The van der Waals surface area contributed by atoms with Crippen molar-refractivity contribution >= 4 is 23.7 Å². The number of carbonyl (C=O) groups excluding carboxylic acids is 2. The van der Waals surface area contributed by atoms with Crippen LogP contribution in [0.1, 0.15) is 12.0 Å². The molecule has 4 atom stereocenters. The molecule has 0 spiro atoms. The molecule has 1 saturated carbocycles. The number of ether oxygens (including phenoxy) is 2. The van der Waals surface area contributed by atoms with Crippen molar-refractivity contribution in [1.82, 2.24) is 5.01 Å². The Labute approximate surface area is 154 Å². The average molecular weight is 371 g/mol. The van der Waals surface area contributed by atoms with Gasteiger partial charge in [0.25, 0.3) is 11.8 Å². The molecule has 1 aromatic rings. The predicted octanol–water partition coefficient (Wildman–Crippen LogP) is 1.75. The van der Waals surface area contributed by atoms with E-state index in [4.69, 9.17) is 9.47 Å². The Hall–Kier alpha value is -3.23. The van der Waals surface area contributed by atoms with Crippen molar-refractivity contribution in [3.63, 3.8) is 0 Å². The van der Waals surface area contributed by atoms with Crippen LogP contribution in [0.25, 0.3) is 0 Å². The highest BCUT2D eigenvalue weighted by Crippen LogP contribution is 2.52. The summed E-state index contributed by atoms with van der Waals surface area (Å²) in [5.41, 5.74) is 0.00157. The molecule has 0 aromatic heterocycles. The van der Waals surface area contributed by atoms with Gasteiger partial charge in [-0.25, -0.2) is 0 Å². The predicted molar refractivity (Wildman–Crippen MR) is 93.4 cm³/mol. The van der Waals surface area contributed by atoms with Crippen molar-refractivity contribution in [3.8, 4) is 11.5 Å². The van der Waals surface area contributed by atoms with E-state index in [1.165, 1.54) is 32.6 Å². The average Bonchev–Trinajstić information content (AvgIpc) is 3.34. The maximum absolute atomic E-state index is 12.6. The number of fused-ring (bicyclic) bond motifs is 5. The lowest BCUT2D eigenvalue weighted by Crippen LogP contribution is -2.28. The van der Waals surface area contributed by atoms with E-state index in [0.29, 0.717) is 0 Å². The summed E-state index contributed by atoms with van der Waals surface area (Å²) >= 11 is 0. The highest BCUT2D eigenvalue weighted by Gasteiger charge is 2.59. The van der Waals surface area contributed by atoms with Gasteiger partial charge in [0.2, 0.25) is 5.75 Å². The third kappa shape index (κ3) is 2.49. The van der Waals surface area contributed by atoms with Gasteiger partial charge in [-0.05, 0) is 18.3 Å². The van der Waals surface area contributed by atoms with E-state index < -0.39 is 4.92 Å². The Morgan fingerprint density at radius 3 is 2.22 bits per heavy atom. The van der Waals surface area contributed by atoms with Gasteiger partial charge in [0.05, 0.1) is 37.2 Å². The molecule has 2 aliphatic carbocycles. The van der Waals surface area contributed by atoms with Gasteiger partial charge >= 0.3 is 5.69 Å². The summed E-state index contributed by atoms with van der Waals surface area (Å²) in [5.74, 6) is -0.836. The Kier molecular flexibility index (Phi) is 3.94. The third-order valence-electron chi connectivity index (χ3n) is 5.49. The molecule has 2 amide bonds. The number of nitrogens with zero attached hydrogens (tertiary/aromatic N) is 3. The molecular formula is C18H17N3O6. The first-order valence-electron chi connectivity index (χ1n) is 8.46. The second kappa shape index (κ2) is 6.19. The number of carbonyl (C=O) groups is 2. The second-order valence-electron chi connectivity index (χ2n) is 6.76. The molecule has 9 heteroatoms. The lowest BCUT2D eigenvalue weighted by Gasteiger charge is -2.13. The van der Waals surface area contributed by atoms with Gasteiger partial charge in [-0.1, -0.05) is 12.2 Å². The highest BCUT2D eigenvalue weighted by atomic mass is 16.6. The molecule has 9 nitrogen and oxygen atoms in total. The van der Waals surface area contributed by atoms with E-state index in [2.05, 4.69) is 5.10 Å². The minimum Gasteiger partial charge on any atom is -0.496 e. The van der Waals surface area contributed by atoms with Crippen molar-refractivity contribution in [2.24, 2.45) is 28.8 Å². The standard InChI is InChI=1S/C18H17N3O6/c1-26-13-7-14(27-2)12(21(24)25)6-11(13)8-19-20-17(22)15-9-3-4-10(5-9)16(15)18(20)23/h3-4,6-10,15-16H,5H2,1-2H3. The topological polar surface area (TPSA) is 111 Å². The molecule has 27 heavy (non-hydrogen) atoms. The molecule has 0 N–H and O–H groups in total. The number of hydrazone groups is 1. The lowest BCUT2D eigenvalue weighted by atomic mass is 9.85. The van der Waals surface area contributed by atoms with Gasteiger partial charge in [-0.15, -0.1) is 0 Å². The first-order chi connectivity index (χ1) is 13.0. The monoisotopic (exact) mass is 371 g/mol. The number of methoxy groups -OCH3 is 2. The van der Waals surface area contributed by atoms with Crippen LogP contribution in [0.5, 0.6) is 11.5 Å². The van der Waals surface area contributed by atoms with Crippen LogP contribution in [0.4, 0.5) is 5.69 Å². The van der Waals surface area contributed by atoms with Crippen LogP contribution in [0.3, 0.4) is 0 Å². The van der Waals surface area contributed by atoms with Crippen LogP contribution in [0.2, 0.25) is 0 Å². The highest BCUT2D eigenvalue weighted by molar-refractivity contribution is 6.07. The molecule has 1 aliphatic heterocycles. The summed E-state index contributed by atoms with van der Waals surface area (Å²) in [6.45, 7) is 0. The van der Waals surface area contributed by atoms with Gasteiger partial charge in [0.1, 0.15) is 5.75 Å². The van der Waals surface area contributed by atoms with Crippen molar-refractivity contribution in [3.05, 3.63) is 40.0 Å². The molecule has 1 saturated heterocycles. The zero-order chi connectivity index (χ0) is 19.3. The number of amides is 2. The van der Waals surface area contributed by atoms with Crippen molar-refractivity contribution in [1.29, 1.82) is 0 Å². The summed E-state index contributed by atoms with van der Waals surface area (Å²) in [7, 11) is 2.72. The van der Waals surface area contributed by atoms with E-state index in [9.17, 15) is 19.7 Å². The lowest BCUT2D eigenvalue weighted by molar-refractivity contribution is -0.385. The molecule has 2 fully saturated rings. The molecule has 0 radical (unpaired) electrons. The minimum atomic E-state index is -0.588. The fourth-order valence-corrected chi connectivity index (χ4v) is 4.27. The number of benzene rings is 1. The number of hydrogen-bond acceptors (Lipinski definition) is 7. The van der Waals surface area contributed by atoms with Gasteiger partial charge in [-0.3, -0.25) is 19.7 Å². The molecule has 4 rings (SSSR count). The minimum absolute atomic E-state index is 0.0412. The smallest absolute Gasteiger partial charge is 0.311 e. The zero-order valence-electron chi connectivity index (χ0n) is 14.7. The van der Waals surface area contributed by atoms with Crippen LogP contribution in [0.15, 0.2) is 29.4 Å². The molecular weight excluding hydrogens is 354 g/mol. The van der Waals surface area contributed by atoms with E-state index in [1.54, 1.807) is 0 Å². The molecule has 1 heterocycles. The van der Waals surface area contributed by atoms with E-state index >= 15 is 0 Å². The van der Waals surface area contributed by atoms with E-state index in [-0.39, 0.29) is 58.2 Å². The number of allylic oxidation sites excluding steroid dienone is 2. The molecule has 140 valence electrons. The van der Waals surface area contributed by atoms with E-state index in [1.807, 2.05) is 12.2 Å². The van der Waals surface area contributed by atoms with Gasteiger partial charge in [0.15, 0.2) is 0 Å². The van der Waals surface area contributed by atoms with Gasteiger partial charge in [0, 0.05) is 17.7 Å².